The topological polar surface area (TPSA) is 25.8 Å². The molecule has 15 heavy (non-hydrogen) atoms. The van der Waals surface area contributed by atoms with Gasteiger partial charge in [-0.1, -0.05) is 27.2 Å². The van der Waals surface area contributed by atoms with E-state index in [2.05, 4.69) is 30.7 Å². The number of hydrogen-bond acceptors (Lipinski definition) is 3. The molecule has 0 fully saturated rings. The summed E-state index contributed by atoms with van der Waals surface area (Å²) in [5.74, 6) is 1.75. The van der Waals surface area contributed by atoms with Gasteiger partial charge in [0.05, 0.1) is 11.4 Å². The highest BCUT2D eigenvalue weighted by Crippen LogP contribution is 2.18. The van der Waals surface area contributed by atoms with Crippen LogP contribution in [0.2, 0.25) is 0 Å². The van der Waals surface area contributed by atoms with E-state index in [1.807, 2.05) is 13.1 Å². The van der Waals surface area contributed by atoms with Crippen molar-refractivity contribution in [3.05, 3.63) is 17.6 Å². The fraction of sp³-hybridized carbons (Fsp3) is 0.667. The van der Waals surface area contributed by atoms with Crippen LogP contribution in [0.25, 0.3) is 0 Å². The van der Waals surface area contributed by atoms with Crippen molar-refractivity contribution in [3.8, 4) is 0 Å². The number of nitrogens with zero attached hydrogens (tertiary/aromatic N) is 2. The summed E-state index contributed by atoms with van der Waals surface area (Å²) in [5, 5.41) is 1.07. The highest BCUT2D eigenvalue weighted by molar-refractivity contribution is 7.99. The van der Waals surface area contributed by atoms with Gasteiger partial charge in [-0.25, -0.2) is 4.98 Å². The van der Waals surface area contributed by atoms with Crippen LogP contribution in [0.1, 0.15) is 38.6 Å². The van der Waals surface area contributed by atoms with E-state index in [0.29, 0.717) is 5.92 Å². The molecule has 0 N–H and O–H groups in total. The zero-order valence-corrected chi connectivity index (χ0v) is 10.9. The Morgan fingerprint density at radius 3 is 2.67 bits per heavy atom. The molecule has 1 aromatic heterocycles. The van der Waals surface area contributed by atoms with Crippen LogP contribution in [0.5, 0.6) is 0 Å². The molecule has 0 spiro atoms. The van der Waals surface area contributed by atoms with Gasteiger partial charge in [-0.2, -0.15) is 0 Å². The van der Waals surface area contributed by atoms with Crippen LogP contribution in [0.4, 0.5) is 0 Å². The molecule has 0 amide bonds. The van der Waals surface area contributed by atoms with E-state index in [1.54, 1.807) is 11.8 Å². The van der Waals surface area contributed by atoms with Gasteiger partial charge >= 0.3 is 0 Å². The number of thioether (sulfide) groups is 1. The lowest BCUT2D eigenvalue weighted by Crippen LogP contribution is -2.03. The molecule has 1 aromatic rings. The Hall–Kier alpha value is -0.570. The number of aromatic nitrogens is 2. The van der Waals surface area contributed by atoms with E-state index in [1.165, 1.54) is 6.42 Å². The van der Waals surface area contributed by atoms with Crippen molar-refractivity contribution in [2.45, 2.75) is 45.6 Å². The van der Waals surface area contributed by atoms with Crippen LogP contribution < -0.4 is 0 Å². The summed E-state index contributed by atoms with van der Waals surface area (Å²) < 4.78 is 0. The fourth-order valence-corrected chi connectivity index (χ4v) is 2.05. The first-order chi connectivity index (χ1) is 7.17. The summed E-state index contributed by atoms with van der Waals surface area (Å²) in [6.45, 7) is 8.65. The van der Waals surface area contributed by atoms with Crippen LogP contribution in [-0.2, 0) is 6.42 Å². The molecular formula is C12H20N2S. The zero-order valence-electron chi connectivity index (χ0n) is 10.1. The molecule has 2 nitrogen and oxygen atoms in total. The fourth-order valence-electron chi connectivity index (χ4n) is 1.40. The normalized spacial score (nSPS) is 12.8. The Morgan fingerprint density at radius 2 is 2.13 bits per heavy atom. The first kappa shape index (κ1) is 12.5. The van der Waals surface area contributed by atoms with Gasteiger partial charge in [0.1, 0.15) is 5.03 Å². The van der Waals surface area contributed by atoms with E-state index in [9.17, 15) is 0 Å². The molecule has 0 bridgehead atoms. The van der Waals surface area contributed by atoms with E-state index in [0.717, 1.165) is 28.6 Å². The monoisotopic (exact) mass is 224 g/mol. The molecule has 1 atom stereocenters. The molecule has 0 radical (unpaired) electrons. The molecule has 0 aliphatic heterocycles. The van der Waals surface area contributed by atoms with Crippen molar-refractivity contribution in [2.24, 2.45) is 5.92 Å². The lowest BCUT2D eigenvalue weighted by Gasteiger charge is -2.09. The summed E-state index contributed by atoms with van der Waals surface area (Å²) in [5.41, 5.74) is 2.20. The van der Waals surface area contributed by atoms with Crippen molar-refractivity contribution in [1.82, 2.24) is 9.97 Å². The largest absolute Gasteiger partial charge is 0.254 e. The standard InChI is InChI=1S/C12H20N2S/c1-5-9(3)7-11-8-13-12(15-6-2)10(4)14-11/h8-9H,5-7H2,1-4H3. The minimum atomic E-state index is 0.698. The smallest absolute Gasteiger partial charge is 0.117 e. The SMILES string of the molecule is CCSc1ncc(CC(C)CC)nc1C. The second-order valence-electron chi connectivity index (χ2n) is 3.90. The molecule has 0 saturated heterocycles. The van der Waals surface area contributed by atoms with Crippen molar-refractivity contribution >= 4 is 11.8 Å². The maximum Gasteiger partial charge on any atom is 0.117 e. The predicted molar refractivity (Wildman–Crippen MR) is 66.3 cm³/mol. The number of aryl methyl sites for hydroxylation is 1. The van der Waals surface area contributed by atoms with Gasteiger partial charge in [-0.05, 0) is 25.0 Å². The molecule has 0 aromatic carbocycles. The molecule has 0 aliphatic rings. The van der Waals surface area contributed by atoms with Crippen molar-refractivity contribution < 1.29 is 0 Å². The zero-order chi connectivity index (χ0) is 11.3. The maximum atomic E-state index is 4.60. The van der Waals surface area contributed by atoms with Crippen molar-refractivity contribution in [3.63, 3.8) is 0 Å². The van der Waals surface area contributed by atoms with Crippen LogP contribution in [0.3, 0.4) is 0 Å². The van der Waals surface area contributed by atoms with E-state index < -0.39 is 0 Å². The Kier molecular flexibility index (Phi) is 5.09. The molecule has 0 aliphatic carbocycles. The Labute approximate surface area is 96.9 Å². The van der Waals surface area contributed by atoms with Gasteiger partial charge in [0.25, 0.3) is 0 Å². The van der Waals surface area contributed by atoms with Gasteiger partial charge in [0.15, 0.2) is 0 Å². The molecule has 1 rings (SSSR count). The Morgan fingerprint density at radius 1 is 1.40 bits per heavy atom. The minimum Gasteiger partial charge on any atom is -0.254 e. The van der Waals surface area contributed by atoms with Crippen molar-refractivity contribution in [1.29, 1.82) is 0 Å². The molecule has 1 heterocycles. The summed E-state index contributed by atoms with van der Waals surface area (Å²) in [4.78, 5) is 9.05. The van der Waals surface area contributed by atoms with Gasteiger partial charge < -0.3 is 0 Å². The molecule has 0 saturated carbocycles. The van der Waals surface area contributed by atoms with Crippen LogP contribution in [0.15, 0.2) is 11.2 Å². The number of rotatable bonds is 5. The minimum absolute atomic E-state index is 0.698. The lowest BCUT2D eigenvalue weighted by atomic mass is 10.0. The summed E-state index contributed by atoms with van der Waals surface area (Å²) in [6, 6.07) is 0. The predicted octanol–water partition coefficient (Wildman–Crippen LogP) is 3.49. The first-order valence-corrected chi connectivity index (χ1v) is 6.61. The van der Waals surface area contributed by atoms with Gasteiger partial charge in [0.2, 0.25) is 0 Å². The number of hydrogen-bond donors (Lipinski definition) is 0. The molecule has 3 heteroatoms. The summed E-state index contributed by atoms with van der Waals surface area (Å²) in [6.07, 6.45) is 4.17. The molecule has 1 unspecified atom stereocenters. The van der Waals surface area contributed by atoms with E-state index in [4.69, 9.17) is 0 Å². The van der Waals surface area contributed by atoms with Gasteiger partial charge in [-0.15, -0.1) is 11.8 Å². The average molecular weight is 224 g/mol. The third kappa shape index (κ3) is 3.82. The van der Waals surface area contributed by atoms with E-state index in [-0.39, 0.29) is 0 Å². The molecular weight excluding hydrogens is 204 g/mol. The molecule has 84 valence electrons. The van der Waals surface area contributed by atoms with Crippen LogP contribution in [-0.4, -0.2) is 15.7 Å². The van der Waals surface area contributed by atoms with Gasteiger partial charge in [0, 0.05) is 6.20 Å². The highest BCUT2D eigenvalue weighted by atomic mass is 32.2. The van der Waals surface area contributed by atoms with Crippen molar-refractivity contribution in [2.75, 3.05) is 5.75 Å². The Balaban J connectivity index is 2.73. The van der Waals surface area contributed by atoms with E-state index >= 15 is 0 Å². The van der Waals surface area contributed by atoms with Crippen LogP contribution >= 0.6 is 11.8 Å². The third-order valence-electron chi connectivity index (χ3n) is 2.49. The third-order valence-corrected chi connectivity index (χ3v) is 3.45. The van der Waals surface area contributed by atoms with Crippen LogP contribution in [0, 0.1) is 12.8 Å². The quantitative estimate of drug-likeness (QED) is 0.716. The summed E-state index contributed by atoms with van der Waals surface area (Å²) >= 11 is 1.76. The Bertz CT molecular complexity index is 312. The van der Waals surface area contributed by atoms with Gasteiger partial charge in [-0.3, -0.25) is 4.98 Å². The first-order valence-electron chi connectivity index (χ1n) is 5.62. The average Bonchev–Trinajstić information content (AvgIpc) is 2.22. The second-order valence-corrected chi connectivity index (χ2v) is 5.16. The lowest BCUT2D eigenvalue weighted by molar-refractivity contribution is 0.549. The maximum absolute atomic E-state index is 4.60. The summed E-state index contributed by atoms with van der Waals surface area (Å²) in [7, 11) is 0. The highest BCUT2D eigenvalue weighted by Gasteiger charge is 2.06. The second kappa shape index (κ2) is 6.11.